The number of carbonyl (C=O) groups excluding carboxylic acids is 4. The predicted molar refractivity (Wildman–Crippen MR) is 116 cm³/mol. The zero-order chi connectivity index (χ0) is 24.4. The molecule has 0 radical (unpaired) electrons. The summed E-state index contributed by atoms with van der Waals surface area (Å²) in [6, 6.07) is -2.05. The van der Waals surface area contributed by atoms with Crippen molar-refractivity contribution in [1.29, 1.82) is 0 Å². The van der Waals surface area contributed by atoms with Crippen LogP contribution in [0.15, 0.2) is 12.7 Å². The average molecular weight is 443 g/mol. The summed E-state index contributed by atoms with van der Waals surface area (Å²) >= 11 is 0. The minimum Gasteiger partial charge on any atom is -0.460 e. The smallest absolute Gasteiger partial charge is 0.408 e. The third-order valence-electron chi connectivity index (χ3n) is 3.63. The third kappa shape index (κ3) is 13.4. The van der Waals surface area contributed by atoms with Gasteiger partial charge in [-0.2, -0.15) is 0 Å². The number of rotatable bonds is 10. The summed E-state index contributed by atoms with van der Waals surface area (Å²) in [6.45, 7) is 17.2. The maximum absolute atomic E-state index is 12.9. The van der Waals surface area contributed by atoms with Crippen molar-refractivity contribution in [3.8, 4) is 0 Å². The summed E-state index contributed by atoms with van der Waals surface area (Å²) < 4.78 is 15.5. The molecule has 9 heteroatoms. The molecule has 0 bridgehead atoms. The number of amides is 2. The molecule has 0 aliphatic rings. The number of hydrogen-bond acceptors (Lipinski definition) is 7. The first kappa shape index (κ1) is 28.4. The first-order valence-corrected chi connectivity index (χ1v) is 10.3. The minimum atomic E-state index is -1.11. The Bertz CT molecular complexity index is 645. The molecule has 0 saturated heterocycles. The Morgan fingerprint density at radius 1 is 0.935 bits per heavy atom. The molecule has 0 heterocycles. The van der Waals surface area contributed by atoms with E-state index in [1.165, 1.54) is 6.08 Å². The van der Waals surface area contributed by atoms with Gasteiger partial charge in [-0.1, -0.05) is 26.5 Å². The molecule has 0 aromatic rings. The van der Waals surface area contributed by atoms with Gasteiger partial charge in [0.25, 0.3) is 0 Å². The maximum atomic E-state index is 12.9. The average Bonchev–Trinajstić information content (AvgIpc) is 2.57. The van der Waals surface area contributed by atoms with Crippen LogP contribution in [0.4, 0.5) is 4.79 Å². The number of esters is 2. The van der Waals surface area contributed by atoms with E-state index in [0.717, 1.165) is 0 Å². The van der Waals surface area contributed by atoms with Gasteiger partial charge >= 0.3 is 18.0 Å². The zero-order valence-electron chi connectivity index (χ0n) is 20.0. The van der Waals surface area contributed by atoms with E-state index in [4.69, 9.17) is 14.2 Å². The molecule has 2 amide bonds. The first-order chi connectivity index (χ1) is 14.1. The second-order valence-corrected chi connectivity index (χ2v) is 9.47. The topological polar surface area (TPSA) is 120 Å². The summed E-state index contributed by atoms with van der Waals surface area (Å²) in [6.07, 6.45) is 0.461. The molecule has 178 valence electrons. The van der Waals surface area contributed by atoms with Crippen molar-refractivity contribution in [2.75, 3.05) is 6.61 Å². The Labute approximate surface area is 185 Å². The molecule has 0 fully saturated rings. The SMILES string of the molecule is C=CCOC(=O)[C@@H](NC(=O)[C@H](CCC(=O)OC(C)(C)C)NC(=O)OC(C)(C)C)C(C)C. The van der Waals surface area contributed by atoms with Crippen LogP contribution in [0.3, 0.4) is 0 Å². The van der Waals surface area contributed by atoms with Gasteiger partial charge in [-0.25, -0.2) is 9.59 Å². The van der Waals surface area contributed by atoms with Gasteiger partial charge in [0.2, 0.25) is 5.91 Å². The molecular formula is C22H38N2O7. The molecule has 0 aliphatic heterocycles. The van der Waals surface area contributed by atoms with E-state index in [1.54, 1.807) is 55.4 Å². The molecule has 0 aromatic heterocycles. The predicted octanol–water partition coefficient (Wildman–Crippen LogP) is 2.87. The lowest BCUT2D eigenvalue weighted by molar-refractivity contribution is -0.155. The summed E-state index contributed by atoms with van der Waals surface area (Å²) in [5, 5.41) is 5.06. The fraction of sp³-hybridized carbons (Fsp3) is 0.727. The lowest BCUT2D eigenvalue weighted by Gasteiger charge is -2.26. The Morgan fingerprint density at radius 3 is 1.94 bits per heavy atom. The van der Waals surface area contributed by atoms with Gasteiger partial charge in [0, 0.05) is 6.42 Å². The monoisotopic (exact) mass is 442 g/mol. The molecule has 0 spiro atoms. The van der Waals surface area contributed by atoms with Gasteiger partial charge in [0.15, 0.2) is 0 Å². The Balaban J connectivity index is 5.35. The van der Waals surface area contributed by atoms with Gasteiger partial charge in [0.05, 0.1) is 0 Å². The molecule has 0 saturated carbocycles. The van der Waals surface area contributed by atoms with Crippen molar-refractivity contribution < 1.29 is 33.4 Å². The van der Waals surface area contributed by atoms with E-state index in [-0.39, 0.29) is 25.4 Å². The lowest BCUT2D eigenvalue weighted by atomic mass is 10.0. The van der Waals surface area contributed by atoms with Crippen molar-refractivity contribution >= 4 is 23.9 Å². The minimum absolute atomic E-state index is 0.0101. The van der Waals surface area contributed by atoms with Crippen LogP contribution in [0, 0.1) is 5.92 Å². The highest BCUT2D eigenvalue weighted by Crippen LogP contribution is 2.12. The van der Waals surface area contributed by atoms with Crippen LogP contribution >= 0.6 is 0 Å². The van der Waals surface area contributed by atoms with E-state index in [1.807, 2.05) is 0 Å². The molecule has 0 aliphatic carbocycles. The quantitative estimate of drug-likeness (QED) is 0.303. The van der Waals surface area contributed by atoms with Gasteiger partial charge in [-0.15, -0.1) is 0 Å². The van der Waals surface area contributed by atoms with E-state index in [9.17, 15) is 19.2 Å². The fourth-order valence-corrected chi connectivity index (χ4v) is 2.36. The van der Waals surface area contributed by atoms with E-state index in [0.29, 0.717) is 0 Å². The van der Waals surface area contributed by atoms with Crippen molar-refractivity contribution in [3.05, 3.63) is 12.7 Å². The van der Waals surface area contributed by atoms with Crippen molar-refractivity contribution in [2.24, 2.45) is 5.92 Å². The molecule has 2 atom stereocenters. The fourth-order valence-electron chi connectivity index (χ4n) is 2.36. The van der Waals surface area contributed by atoms with Crippen molar-refractivity contribution in [2.45, 2.75) is 91.5 Å². The summed E-state index contributed by atoms with van der Waals surface area (Å²) in [7, 11) is 0. The molecular weight excluding hydrogens is 404 g/mol. The number of nitrogens with one attached hydrogen (secondary N) is 2. The zero-order valence-corrected chi connectivity index (χ0v) is 20.0. The summed E-state index contributed by atoms with van der Waals surface area (Å²) in [4.78, 5) is 49.4. The largest absolute Gasteiger partial charge is 0.460 e. The van der Waals surface area contributed by atoms with Gasteiger partial charge in [-0.05, 0) is 53.9 Å². The number of hydrogen-bond donors (Lipinski definition) is 2. The second kappa shape index (κ2) is 12.3. The molecule has 0 unspecified atom stereocenters. The Kier molecular flexibility index (Phi) is 11.3. The van der Waals surface area contributed by atoms with Crippen LogP contribution in [0.2, 0.25) is 0 Å². The standard InChI is InChI=1S/C22H38N2O7/c1-10-13-29-19(27)17(14(2)3)24-18(26)15(23-20(28)31-22(7,8)9)11-12-16(25)30-21(4,5)6/h10,14-15,17H,1,11-13H2,2-9H3,(H,23,28)(H,24,26)/t15-,17-/m0/s1. The van der Waals surface area contributed by atoms with Crippen LogP contribution in [0.1, 0.15) is 68.2 Å². The van der Waals surface area contributed by atoms with Crippen molar-refractivity contribution in [1.82, 2.24) is 10.6 Å². The van der Waals surface area contributed by atoms with E-state index in [2.05, 4.69) is 17.2 Å². The number of ether oxygens (including phenoxy) is 3. The van der Waals surface area contributed by atoms with Crippen LogP contribution in [-0.4, -0.2) is 53.8 Å². The van der Waals surface area contributed by atoms with Crippen LogP contribution in [0.25, 0.3) is 0 Å². The maximum Gasteiger partial charge on any atom is 0.408 e. The van der Waals surface area contributed by atoms with Crippen molar-refractivity contribution in [3.63, 3.8) is 0 Å². The first-order valence-electron chi connectivity index (χ1n) is 10.3. The molecule has 0 rings (SSSR count). The highest BCUT2D eigenvalue weighted by molar-refractivity contribution is 5.90. The van der Waals surface area contributed by atoms with Crippen LogP contribution in [-0.2, 0) is 28.6 Å². The van der Waals surface area contributed by atoms with Crippen LogP contribution in [0.5, 0.6) is 0 Å². The van der Waals surface area contributed by atoms with E-state index >= 15 is 0 Å². The highest BCUT2D eigenvalue weighted by atomic mass is 16.6. The third-order valence-corrected chi connectivity index (χ3v) is 3.63. The van der Waals surface area contributed by atoms with Gasteiger partial charge < -0.3 is 24.8 Å². The number of alkyl carbamates (subject to hydrolysis) is 1. The highest BCUT2D eigenvalue weighted by Gasteiger charge is 2.31. The van der Waals surface area contributed by atoms with Gasteiger partial charge in [0.1, 0.15) is 29.9 Å². The van der Waals surface area contributed by atoms with E-state index < -0.39 is 47.2 Å². The Hall–Kier alpha value is -2.58. The van der Waals surface area contributed by atoms with Gasteiger partial charge in [-0.3, -0.25) is 9.59 Å². The second-order valence-electron chi connectivity index (χ2n) is 9.47. The number of carbonyl (C=O) groups is 4. The molecule has 0 aromatic carbocycles. The van der Waals surface area contributed by atoms with Crippen LogP contribution < -0.4 is 10.6 Å². The Morgan fingerprint density at radius 2 is 1.48 bits per heavy atom. The summed E-state index contributed by atoms with van der Waals surface area (Å²) in [5.41, 5.74) is -1.45. The summed E-state index contributed by atoms with van der Waals surface area (Å²) in [5.74, 6) is -2.04. The lowest BCUT2D eigenvalue weighted by Crippen LogP contribution is -2.54. The molecule has 2 N–H and O–H groups in total. The molecule has 31 heavy (non-hydrogen) atoms. The molecule has 9 nitrogen and oxygen atoms in total. The normalized spacial score (nSPS) is 13.6.